The van der Waals surface area contributed by atoms with Crippen LogP contribution in [0.3, 0.4) is 0 Å². The minimum atomic E-state index is -0.680. The molecule has 2 atom stereocenters. The molecule has 1 aromatic heterocycles. The van der Waals surface area contributed by atoms with Crippen LogP contribution in [0.4, 0.5) is 0 Å². The van der Waals surface area contributed by atoms with Gasteiger partial charge in [-0.1, -0.05) is 0 Å². The van der Waals surface area contributed by atoms with Crippen molar-refractivity contribution in [3.63, 3.8) is 0 Å². The minimum absolute atomic E-state index is 0.221. The normalized spacial score (nSPS) is 21.2. The molecule has 3 nitrogen and oxygen atoms in total. The molecule has 1 aromatic rings. The molecule has 17 heavy (non-hydrogen) atoms. The molecule has 0 radical (unpaired) electrons. The van der Waals surface area contributed by atoms with Gasteiger partial charge in [-0.15, -0.1) is 0 Å². The van der Waals surface area contributed by atoms with Gasteiger partial charge in [0, 0.05) is 46.8 Å². The van der Waals surface area contributed by atoms with Gasteiger partial charge in [0.15, 0.2) is 0 Å². The van der Waals surface area contributed by atoms with E-state index >= 15 is 0 Å². The van der Waals surface area contributed by atoms with Gasteiger partial charge in [-0.05, 0) is 44.2 Å². The SMILES string of the molecule is Cc1cc2c(n1CCCS(C)=O)CCCC2N. The van der Waals surface area contributed by atoms with Crippen LogP contribution in [-0.2, 0) is 23.8 Å². The van der Waals surface area contributed by atoms with Crippen LogP contribution < -0.4 is 5.73 Å². The van der Waals surface area contributed by atoms with Crippen LogP contribution in [0.1, 0.15) is 42.3 Å². The van der Waals surface area contributed by atoms with Gasteiger partial charge in [0.05, 0.1) is 0 Å². The maximum atomic E-state index is 11.1. The summed E-state index contributed by atoms with van der Waals surface area (Å²) in [6, 6.07) is 2.46. The van der Waals surface area contributed by atoms with Crippen molar-refractivity contribution in [1.29, 1.82) is 0 Å². The molecular formula is C13H22N2OS. The van der Waals surface area contributed by atoms with Gasteiger partial charge in [0.2, 0.25) is 0 Å². The number of hydrogen-bond acceptors (Lipinski definition) is 2. The molecule has 0 bridgehead atoms. The van der Waals surface area contributed by atoms with Crippen LogP contribution in [-0.4, -0.2) is 20.8 Å². The Labute approximate surface area is 106 Å². The zero-order chi connectivity index (χ0) is 12.4. The zero-order valence-corrected chi connectivity index (χ0v) is 11.6. The van der Waals surface area contributed by atoms with Crippen molar-refractivity contribution in [3.8, 4) is 0 Å². The molecule has 96 valence electrons. The topological polar surface area (TPSA) is 48.0 Å². The van der Waals surface area contributed by atoms with E-state index in [2.05, 4.69) is 17.6 Å². The van der Waals surface area contributed by atoms with E-state index < -0.39 is 10.8 Å². The zero-order valence-electron chi connectivity index (χ0n) is 10.7. The highest BCUT2D eigenvalue weighted by atomic mass is 32.2. The van der Waals surface area contributed by atoms with E-state index in [1.54, 1.807) is 6.26 Å². The first-order valence-electron chi connectivity index (χ1n) is 6.34. The van der Waals surface area contributed by atoms with E-state index in [4.69, 9.17) is 5.73 Å². The number of aryl methyl sites for hydroxylation is 1. The Hall–Kier alpha value is -0.610. The first-order valence-corrected chi connectivity index (χ1v) is 8.07. The highest BCUT2D eigenvalue weighted by Gasteiger charge is 2.21. The highest BCUT2D eigenvalue weighted by Crippen LogP contribution is 2.30. The lowest BCUT2D eigenvalue weighted by atomic mass is 9.93. The van der Waals surface area contributed by atoms with Crippen LogP contribution in [0, 0.1) is 6.92 Å². The first-order chi connectivity index (χ1) is 8.09. The van der Waals surface area contributed by atoms with Gasteiger partial charge < -0.3 is 10.3 Å². The second-order valence-corrected chi connectivity index (χ2v) is 6.52. The number of hydrogen-bond donors (Lipinski definition) is 1. The van der Waals surface area contributed by atoms with Crippen molar-refractivity contribution in [1.82, 2.24) is 4.57 Å². The van der Waals surface area contributed by atoms with Gasteiger partial charge in [0.25, 0.3) is 0 Å². The molecule has 0 saturated heterocycles. The molecule has 1 aliphatic rings. The fourth-order valence-corrected chi connectivity index (χ4v) is 3.27. The number of nitrogens with zero attached hydrogens (tertiary/aromatic N) is 1. The van der Waals surface area contributed by atoms with E-state index in [9.17, 15) is 4.21 Å². The fourth-order valence-electron chi connectivity index (χ4n) is 2.74. The molecular weight excluding hydrogens is 232 g/mol. The average Bonchev–Trinajstić information content (AvgIpc) is 2.57. The molecule has 0 amide bonds. The summed E-state index contributed by atoms with van der Waals surface area (Å²) in [5, 5.41) is 0. The lowest BCUT2D eigenvalue weighted by Crippen LogP contribution is -2.18. The van der Waals surface area contributed by atoms with Crippen LogP contribution in [0.2, 0.25) is 0 Å². The Morgan fingerprint density at radius 3 is 3.06 bits per heavy atom. The number of rotatable bonds is 4. The highest BCUT2D eigenvalue weighted by molar-refractivity contribution is 7.84. The summed E-state index contributed by atoms with van der Waals surface area (Å²) < 4.78 is 13.5. The summed E-state index contributed by atoms with van der Waals surface area (Å²) in [5.74, 6) is 0.790. The molecule has 1 aliphatic carbocycles. The van der Waals surface area contributed by atoms with Crippen LogP contribution in [0.25, 0.3) is 0 Å². The lowest BCUT2D eigenvalue weighted by molar-refractivity contribution is 0.534. The quantitative estimate of drug-likeness (QED) is 0.892. The first kappa shape index (κ1) is 12.8. The monoisotopic (exact) mass is 254 g/mol. The summed E-state index contributed by atoms with van der Waals surface area (Å²) in [6.07, 6.45) is 6.20. The largest absolute Gasteiger partial charge is 0.349 e. The predicted molar refractivity (Wildman–Crippen MR) is 72.6 cm³/mol. The van der Waals surface area contributed by atoms with Gasteiger partial charge in [-0.3, -0.25) is 4.21 Å². The van der Waals surface area contributed by atoms with Gasteiger partial charge in [-0.25, -0.2) is 0 Å². The van der Waals surface area contributed by atoms with Crippen LogP contribution in [0.5, 0.6) is 0 Å². The van der Waals surface area contributed by atoms with Gasteiger partial charge in [-0.2, -0.15) is 0 Å². The Morgan fingerprint density at radius 2 is 2.35 bits per heavy atom. The fraction of sp³-hybridized carbons (Fsp3) is 0.692. The van der Waals surface area contributed by atoms with Crippen LogP contribution in [0.15, 0.2) is 6.07 Å². The van der Waals surface area contributed by atoms with E-state index in [-0.39, 0.29) is 6.04 Å². The minimum Gasteiger partial charge on any atom is -0.349 e. The molecule has 2 N–H and O–H groups in total. The van der Waals surface area contributed by atoms with Crippen molar-refractivity contribution >= 4 is 10.8 Å². The standard InChI is InChI=1S/C13H22N2OS/c1-10-9-11-12(14)5-3-6-13(11)15(10)7-4-8-17(2)16/h9,12H,3-8,14H2,1-2H3. The summed E-state index contributed by atoms with van der Waals surface area (Å²) in [7, 11) is -0.680. The Balaban J connectivity index is 2.14. The molecule has 4 heteroatoms. The summed E-state index contributed by atoms with van der Waals surface area (Å²) in [5.41, 5.74) is 10.2. The third-order valence-corrected chi connectivity index (χ3v) is 4.45. The van der Waals surface area contributed by atoms with Crippen molar-refractivity contribution in [2.75, 3.05) is 12.0 Å². The Bertz CT molecular complexity index is 425. The van der Waals surface area contributed by atoms with Crippen molar-refractivity contribution in [2.24, 2.45) is 5.73 Å². The maximum Gasteiger partial charge on any atom is 0.0313 e. The molecule has 2 rings (SSSR count). The molecule has 0 saturated carbocycles. The Morgan fingerprint density at radius 1 is 1.59 bits per heavy atom. The van der Waals surface area contributed by atoms with Gasteiger partial charge in [0.1, 0.15) is 0 Å². The van der Waals surface area contributed by atoms with Crippen molar-refractivity contribution in [3.05, 3.63) is 23.0 Å². The lowest BCUT2D eigenvalue weighted by Gasteiger charge is -2.21. The average molecular weight is 254 g/mol. The summed E-state index contributed by atoms with van der Waals surface area (Å²) in [4.78, 5) is 0. The molecule has 2 unspecified atom stereocenters. The van der Waals surface area contributed by atoms with Crippen molar-refractivity contribution < 1.29 is 4.21 Å². The third-order valence-electron chi connectivity index (χ3n) is 3.59. The molecule has 0 aliphatic heterocycles. The second kappa shape index (κ2) is 5.36. The number of nitrogens with two attached hydrogens (primary N) is 1. The summed E-state index contributed by atoms with van der Waals surface area (Å²) in [6.45, 7) is 3.13. The van der Waals surface area contributed by atoms with Crippen molar-refractivity contribution in [2.45, 2.75) is 45.2 Å². The summed E-state index contributed by atoms with van der Waals surface area (Å²) >= 11 is 0. The molecule has 0 aromatic carbocycles. The maximum absolute atomic E-state index is 11.1. The molecule has 0 fully saturated rings. The molecule has 1 heterocycles. The number of fused-ring (bicyclic) bond motifs is 1. The third kappa shape index (κ3) is 2.80. The smallest absolute Gasteiger partial charge is 0.0313 e. The van der Waals surface area contributed by atoms with Gasteiger partial charge >= 0.3 is 0 Å². The predicted octanol–water partition coefficient (Wildman–Crippen LogP) is 1.90. The Kier molecular flexibility index (Phi) is 4.05. The van der Waals surface area contributed by atoms with E-state index in [1.165, 1.54) is 23.4 Å². The molecule has 0 spiro atoms. The van der Waals surface area contributed by atoms with Crippen LogP contribution >= 0.6 is 0 Å². The van der Waals surface area contributed by atoms with E-state index in [1.807, 2.05) is 0 Å². The van der Waals surface area contributed by atoms with E-state index in [0.29, 0.717) is 0 Å². The van der Waals surface area contributed by atoms with E-state index in [0.717, 1.165) is 31.6 Å². The number of aromatic nitrogens is 1. The second-order valence-electron chi connectivity index (χ2n) is 4.97.